The average Bonchev–Trinajstić information content (AvgIpc) is 2.65. The van der Waals surface area contributed by atoms with E-state index in [1.54, 1.807) is 13.3 Å². The van der Waals surface area contributed by atoms with Crippen LogP contribution in [0.3, 0.4) is 0 Å². The Morgan fingerprint density at radius 3 is 2.93 bits per heavy atom. The number of aromatic nitrogens is 2. The standard InChI is InChI=1S/C11H20N2O2/c1-4-13-6-5-12-11(13)7-10(14)9(2)8-15-3/h5-6,9-10,14H,4,7-8H2,1-3H3. The van der Waals surface area contributed by atoms with E-state index in [1.165, 1.54) is 0 Å². The normalized spacial score (nSPS) is 15.2. The summed E-state index contributed by atoms with van der Waals surface area (Å²) in [5, 5.41) is 9.91. The number of rotatable bonds is 6. The molecule has 0 aliphatic heterocycles. The van der Waals surface area contributed by atoms with Crippen molar-refractivity contribution < 1.29 is 9.84 Å². The van der Waals surface area contributed by atoms with Crippen LogP contribution in [-0.4, -0.2) is 34.5 Å². The molecule has 2 atom stereocenters. The molecule has 1 aromatic rings. The summed E-state index contributed by atoms with van der Waals surface area (Å²) in [5.41, 5.74) is 0. The fraction of sp³-hybridized carbons (Fsp3) is 0.727. The summed E-state index contributed by atoms with van der Waals surface area (Å²) in [5.74, 6) is 1.07. The second-order valence-corrected chi connectivity index (χ2v) is 3.83. The Morgan fingerprint density at radius 1 is 1.60 bits per heavy atom. The van der Waals surface area contributed by atoms with Crippen molar-refractivity contribution in [3.63, 3.8) is 0 Å². The number of ether oxygens (including phenoxy) is 1. The maximum atomic E-state index is 9.91. The lowest BCUT2D eigenvalue weighted by Crippen LogP contribution is -2.25. The molecule has 0 aliphatic carbocycles. The molecule has 1 rings (SSSR count). The first kappa shape index (κ1) is 12.2. The van der Waals surface area contributed by atoms with Gasteiger partial charge in [0.05, 0.1) is 12.7 Å². The third kappa shape index (κ3) is 3.32. The van der Waals surface area contributed by atoms with Crippen molar-refractivity contribution >= 4 is 0 Å². The molecule has 0 amide bonds. The van der Waals surface area contributed by atoms with E-state index in [9.17, 15) is 5.11 Å². The smallest absolute Gasteiger partial charge is 0.111 e. The molecule has 15 heavy (non-hydrogen) atoms. The number of hydrogen-bond donors (Lipinski definition) is 1. The molecule has 0 spiro atoms. The van der Waals surface area contributed by atoms with Gasteiger partial charge in [-0.05, 0) is 6.92 Å². The van der Waals surface area contributed by atoms with Gasteiger partial charge in [-0.15, -0.1) is 0 Å². The highest BCUT2D eigenvalue weighted by molar-refractivity contribution is 4.94. The molecular weight excluding hydrogens is 192 g/mol. The molecule has 86 valence electrons. The van der Waals surface area contributed by atoms with Crippen LogP contribution in [0.1, 0.15) is 19.7 Å². The quantitative estimate of drug-likeness (QED) is 0.768. The summed E-state index contributed by atoms with van der Waals surface area (Å²) in [4.78, 5) is 4.23. The Balaban J connectivity index is 2.53. The first-order chi connectivity index (χ1) is 7.19. The summed E-state index contributed by atoms with van der Waals surface area (Å²) in [6, 6.07) is 0. The molecular formula is C11H20N2O2. The van der Waals surface area contributed by atoms with Crippen molar-refractivity contribution in [3.05, 3.63) is 18.2 Å². The summed E-state index contributed by atoms with van der Waals surface area (Å²) in [7, 11) is 1.65. The van der Waals surface area contributed by atoms with Crippen molar-refractivity contribution in [2.75, 3.05) is 13.7 Å². The minimum absolute atomic E-state index is 0.136. The molecule has 4 nitrogen and oxygen atoms in total. The van der Waals surface area contributed by atoms with Gasteiger partial charge in [-0.1, -0.05) is 6.92 Å². The fourth-order valence-corrected chi connectivity index (χ4v) is 1.58. The Kier molecular flexibility index (Phi) is 4.78. The predicted octanol–water partition coefficient (Wildman–Crippen LogP) is 1.09. The highest BCUT2D eigenvalue weighted by Crippen LogP contribution is 2.09. The van der Waals surface area contributed by atoms with E-state index in [0.29, 0.717) is 13.0 Å². The number of aliphatic hydroxyl groups excluding tert-OH is 1. The van der Waals surface area contributed by atoms with Crippen LogP contribution in [0.2, 0.25) is 0 Å². The number of aliphatic hydroxyl groups is 1. The van der Waals surface area contributed by atoms with Crippen molar-refractivity contribution in [1.29, 1.82) is 0 Å². The molecule has 1 heterocycles. The Hall–Kier alpha value is -0.870. The van der Waals surface area contributed by atoms with Crippen LogP contribution in [0.25, 0.3) is 0 Å². The molecule has 2 unspecified atom stereocenters. The van der Waals surface area contributed by atoms with E-state index in [1.807, 2.05) is 17.7 Å². The van der Waals surface area contributed by atoms with Gasteiger partial charge in [-0.25, -0.2) is 4.98 Å². The SMILES string of the molecule is CCn1ccnc1CC(O)C(C)COC. The summed E-state index contributed by atoms with van der Waals surface area (Å²) >= 11 is 0. The van der Waals surface area contributed by atoms with Crippen LogP contribution in [-0.2, 0) is 17.7 Å². The molecule has 1 N–H and O–H groups in total. The Labute approximate surface area is 90.9 Å². The van der Waals surface area contributed by atoms with E-state index in [0.717, 1.165) is 12.4 Å². The second kappa shape index (κ2) is 5.88. The minimum Gasteiger partial charge on any atom is -0.392 e. The minimum atomic E-state index is -0.391. The maximum absolute atomic E-state index is 9.91. The molecule has 0 fully saturated rings. The summed E-state index contributed by atoms with van der Waals surface area (Å²) in [6.07, 6.45) is 3.90. The van der Waals surface area contributed by atoms with E-state index < -0.39 is 6.10 Å². The molecule has 0 saturated heterocycles. The summed E-state index contributed by atoms with van der Waals surface area (Å²) < 4.78 is 7.06. The molecule has 4 heteroatoms. The van der Waals surface area contributed by atoms with Gasteiger partial charge in [-0.3, -0.25) is 0 Å². The molecule has 0 aromatic carbocycles. The van der Waals surface area contributed by atoms with Gasteiger partial charge in [0.25, 0.3) is 0 Å². The zero-order chi connectivity index (χ0) is 11.3. The van der Waals surface area contributed by atoms with Gasteiger partial charge < -0.3 is 14.4 Å². The van der Waals surface area contributed by atoms with Gasteiger partial charge in [0.2, 0.25) is 0 Å². The molecule has 1 aromatic heterocycles. The van der Waals surface area contributed by atoms with Gasteiger partial charge in [-0.2, -0.15) is 0 Å². The molecule has 0 aliphatic rings. The zero-order valence-electron chi connectivity index (χ0n) is 9.68. The topological polar surface area (TPSA) is 47.3 Å². The van der Waals surface area contributed by atoms with Gasteiger partial charge in [0.15, 0.2) is 0 Å². The van der Waals surface area contributed by atoms with Crippen molar-refractivity contribution in [3.8, 4) is 0 Å². The summed E-state index contributed by atoms with van der Waals surface area (Å²) in [6.45, 7) is 5.51. The van der Waals surface area contributed by atoms with Gasteiger partial charge in [0.1, 0.15) is 5.82 Å². The number of nitrogens with zero attached hydrogens (tertiary/aromatic N) is 2. The monoisotopic (exact) mass is 212 g/mol. The van der Waals surface area contributed by atoms with Crippen LogP contribution in [0.5, 0.6) is 0 Å². The lowest BCUT2D eigenvalue weighted by atomic mass is 10.0. The van der Waals surface area contributed by atoms with Crippen molar-refractivity contribution in [2.24, 2.45) is 5.92 Å². The predicted molar refractivity (Wildman–Crippen MR) is 58.7 cm³/mol. The highest BCUT2D eigenvalue weighted by atomic mass is 16.5. The third-order valence-corrected chi connectivity index (χ3v) is 2.62. The Bertz CT molecular complexity index is 286. The first-order valence-electron chi connectivity index (χ1n) is 5.36. The average molecular weight is 212 g/mol. The Morgan fingerprint density at radius 2 is 2.33 bits per heavy atom. The molecule has 0 saturated carbocycles. The number of methoxy groups -OCH3 is 1. The van der Waals surface area contributed by atoms with E-state index >= 15 is 0 Å². The van der Waals surface area contributed by atoms with Crippen molar-refractivity contribution in [1.82, 2.24) is 9.55 Å². The van der Waals surface area contributed by atoms with E-state index in [4.69, 9.17) is 4.74 Å². The lowest BCUT2D eigenvalue weighted by Gasteiger charge is -2.17. The van der Waals surface area contributed by atoms with E-state index in [2.05, 4.69) is 11.9 Å². The second-order valence-electron chi connectivity index (χ2n) is 3.83. The van der Waals surface area contributed by atoms with Crippen LogP contribution >= 0.6 is 0 Å². The maximum Gasteiger partial charge on any atom is 0.111 e. The lowest BCUT2D eigenvalue weighted by molar-refractivity contribution is 0.0558. The highest BCUT2D eigenvalue weighted by Gasteiger charge is 2.16. The van der Waals surface area contributed by atoms with Crippen LogP contribution in [0, 0.1) is 5.92 Å². The molecule has 0 bridgehead atoms. The van der Waals surface area contributed by atoms with E-state index in [-0.39, 0.29) is 5.92 Å². The number of hydrogen-bond acceptors (Lipinski definition) is 3. The fourth-order valence-electron chi connectivity index (χ4n) is 1.58. The third-order valence-electron chi connectivity index (χ3n) is 2.62. The van der Waals surface area contributed by atoms with Gasteiger partial charge >= 0.3 is 0 Å². The van der Waals surface area contributed by atoms with Crippen LogP contribution in [0.4, 0.5) is 0 Å². The number of aryl methyl sites for hydroxylation is 1. The first-order valence-corrected chi connectivity index (χ1v) is 5.36. The largest absolute Gasteiger partial charge is 0.392 e. The molecule has 0 radical (unpaired) electrons. The van der Waals surface area contributed by atoms with Gasteiger partial charge in [0, 0.05) is 38.4 Å². The zero-order valence-corrected chi connectivity index (χ0v) is 9.68. The van der Waals surface area contributed by atoms with Crippen LogP contribution < -0.4 is 0 Å². The van der Waals surface area contributed by atoms with Crippen LogP contribution in [0.15, 0.2) is 12.4 Å². The number of imidazole rings is 1. The van der Waals surface area contributed by atoms with Crippen molar-refractivity contribution in [2.45, 2.75) is 32.9 Å².